The van der Waals surface area contributed by atoms with Gasteiger partial charge in [0.1, 0.15) is 6.04 Å². The van der Waals surface area contributed by atoms with Gasteiger partial charge in [-0.25, -0.2) is 0 Å². The van der Waals surface area contributed by atoms with Crippen LogP contribution >= 0.6 is 0 Å². The molecule has 1 N–H and O–H groups in total. The van der Waals surface area contributed by atoms with Crippen LogP contribution in [-0.4, -0.2) is 19.3 Å². The van der Waals surface area contributed by atoms with E-state index in [0.29, 0.717) is 12.8 Å². The van der Waals surface area contributed by atoms with Crippen LogP contribution in [0.2, 0.25) is 0 Å². The fourth-order valence-electron chi connectivity index (χ4n) is 1.96. The maximum absolute atomic E-state index is 12.3. The first kappa shape index (κ1) is 9.84. The Morgan fingerprint density at radius 2 is 1.75 bits per heavy atom. The zero-order chi connectivity index (χ0) is 9.19. The fraction of sp³-hybridized carbons (Fsp3) is 1.00. The van der Waals surface area contributed by atoms with Crippen molar-refractivity contribution in [3.05, 3.63) is 0 Å². The minimum atomic E-state index is -4.08. The van der Waals surface area contributed by atoms with E-state index in [9.17, 15) is 13.2 Å². The van der Waals surface area contributed by atoms with E-state index >= 15 is 0 Å². The second-order valence-electron chi connectivity index (χ2n) is 3.35. The van der Waals surface area contributed by atoms with Crippen molar-refractivity contribution in [3.8, 4) is 0 Å². The molecule has 1 nitrogen and oxygen atoms in total. The standard InChI is InChI=1S/C8H14F3N/c1-12-7(8(9,10)11)6-4-2-3-5-6/h6-7,12H,2-5H2,1H3. The third kappa shape index (κ3) is 2.12. The third-order valence-corrected chi connectivity index (χ3v) is 2.53. The molecule has 0 heterocycles. The molecule has 1 aliphatic carbocycles. The Morgan fingerprint density at radius 1 is 1.25 bits per heavy atom. The van der Waals surface area contributed by atoms with E-state index in [1.165, 1.54) is 7.05 Å². The minimum absolute atomic E-state index is 0.199. The van der Waals surface area contributed by atoms with E-state index in [-0.39, 0.29) is 5.92 Å². The van der Waals surface area contributed by atoms with E-state index in [0.717, 1.165) is 12.8 Å². The molecule has 0 aromatic heterocycles. The smallest absolute Gasteiger partial charge is 0.309 e. The molecule has 0 aromatic carbocycles. The van der Waals surface area contributed by atoms with Crippen LogP contribution in [0.4, 0.5) is 13.2 Å². The highest BCUT2D eigenvalue weighted by molar-refractivity contribution is 4.84. The first-order valence-electron chi connectivity index (χ1n) is 4.29. The molecule has 1 saturated carbocycles. The van der Waals surface area contributed by atoms with Crippen molar-refractivity contribution >= 4 is 0 Å². The SMILES string of the molecule is CNC(C1CCCC1)C(F)(F)F. The average molecular weight is 181 g/mol. The molecular weight excluding hydrogens is 167 g/mol. The van der Waals surface area contributed by atoms with E-state index in [4.69, 9.17) is 0 Å². The van der Waals surface area contributed by atoms with Gasteiger partial charge in [0.2, 0.25) is 0 Å². The summed E-state index contributed by atoms with van der Waals surface area (Å²) in [5, 5.41) is 2.36. The van der Waals surface area contributed by atoms with Crippen molar-refractivity contribution in [1.82, 2.24) is 5.32 Å². The fourth-order valence-corrected chi connectivity index (χ4v) is 1.96. The van der Waals surface area contributed by atoms with E-state index in [1.54, 1.807) is 0 Å². The van der Waals surface area contributed by atoms with Crippen LogP contribution in [0.3, 0.4) is 0 Å². The Hall–Kier alpha value is -0.250. The molecule has 0 aliphatic heterocycles. The van der Waals surface area contributed by atoms with Crippen molar-refractivity contribution in [2.45, 2.75) is 37.9 Å². The van der Waals surface area contributed by atoms with E-state index in [1.807, 2.05) is 0 Å². The lowest BCUT2D eigenvalue weighted by Gasteiger charge is -2.25. The zero-order valence-corrected chi connectivity index (χ0v) is 7.12. The topological polar surface area (TPSA) is 12.0 Å². The van der Waals surface area contributed by atoms with Gasteiger partial charge in [-0.3, -0.25) is 0 Å². The number of nitrogens with one attached hydrogen (secondary N) is 1. The molecular formula is C8H14F3N. The molecule has 1 unspecified atom stereocenters. The molecule has 0 spiro atoms. The quantitative estimate of drug-likeness (QED) is 0.689. The molecule has 0 saturated heterocycles. The maximum atomic E-state index is 12.3. The highest BCUT2D eigenvalue weighted by Gasteiger charge is 2.44. The van der Waals surface area contributed by atoms with Crippen LogP contribution in [0.1, 0.15) is 25.7 Å². The number of hydrogen-bond acceptors (Lipinski definition) is 1. The average Bonchev–Trinajstić information content (AvgIpc) is 2.38. The summed E-state index contributed by atoms with van der Waals surface area (Å²) in [4.78, 5) is 0. The number of halogens is 3. The van der Waals surface area contributed by atoms with Crippen LogP contribution in [0.5, 0.6) is 0 Å². The molecule has 0 bridgehead atoms. The molecule has 4 heteroatoms. The Morgan fingerprint density at radius 3 is 2.08 bits per heavy atom. The Kier molecular flexibility index (Phi) is 2.99. The monoisotopic (exact) mass is 181 g/mol. The van der Waals surface area contributed by atoms with Gasteiger partial charge in [0.05, 0.1) is 0 Å². The molecule has 72 valence electrons. The molecule has 1 atom stereocenters. The molecule has 0 radical (unpaired) electrons. The maximum Gasteiger partial charge on any atom is 0.404 e. The summed E-state index contributed by atoms with van der Waals surface area (Å²) in [5.74, 6) is -0.199. The molecule has 1 rings (SSSR count). The molecule has 0 aromatic rings. The van der Waals surface area contributed by atoms with Gasteiger partial charge in [-0.2, -0.15) is 13.2 Å². The predicted molar refractivity (Wildman–Crippen MR) is 40.9 cm³/mol. The normalized spacial score (nSPS) is 23.0. The molecule has 12 heavy (non-hydrogen) atoms. The Labute approximate surface area is 70.3 Å². The van der Waals surface area contributed by atoms with Gasteiger partial charge in [0.25, 0.3) is 0 Å². The first-order valence-corrected chi connectivity index (χ1v) is 4.29. The summed E-state index contributed by atoms with van der Waals surface area (Å²) in [5.41, 5.74) is 0. The van der Waals surface area contributed by atoms with Crippen LogP contribution in [0.15, 0.2) is 0 Å². The number of alkyl halides is 3. The van der Waals surface area contributed by atoms with Gasteiger partial charge in [0, 0.05) is 0 Å². The summed E-state index contributed by atoms with van der Waals surface area (Å²) in [7, 11) is 1.39. The van der Waals surface area contributed by atoms with Crippen LogP contribution in [-0.2, 0) is 0 Å². The van der Waals surface area contributed by atoms with Gasteiger partial charge in [-0.05, 0) is 25.8 Å². The van der Waals surface area contributed by atoms with Gasteiger partial charge in [-0.1, -0.05) is 12.8 Å². The van der Waals surface area contributed by atoms with Crippen molar-refractivity contribution in [2.75, 3.05) is 7.05 Å². The molecule has 0 amide bonds. The zero-order valence-electron chi connectivity index (χ0n) is 7.12. The predicted octanol–water partition coefficient (Wildman–Crippen LogP) is 2.33. The van der Waals surface area contributed by atoms with E-state index < -0.39 is 12.2 Å². The molecule has 1 fully saturated rings. The van der Waals surface area contributed by atoms with Crippen molar-refractivity contribution in [3.63, 3.8) is 0 Å². The lowest BCUT2D eigenvalue weighted by atomic mass is 9.98. The summed E-state index contributed by atoms with van der Waals surface area (Å²) >= 11 is 0. The second-order valence-corrected chi connectivity index (χ2v) is 3.35. The minimum Gasteiger partial charge on any atom is -0.309 e. The Bertz CT molecular complexity index is 138. The van der Waals surface area contributed by atoms with Crippen molar-refractivity contribution < 1.29 is 13.2 Å². The Balaban J connectivity index is 2.54. The summed E-state index contributed by atoms with van der Waals surface area (Å²) in [6.07, 6.45) is -0.766. The van der Waals surface area contributed by atoms with Gasteiger partial charge in [0.15, 0.2) is 0 Å². The number of rotatable bonds is 2. The van der Waals surface area contributed by atoms with Gasteiger partial charge < -0.3 is 5.32 Å². The number of hydrogen-bond donors (Lipinski definition) is 1. The summed E-state index contributed by atoms with van der Waals surface area (Å²) in [6, 6.07) is -1.29. The van der Waals surface area contributed by atoms with Crippen LogP contribution < -0.4 is 5.32 Å². The lowest BCUT2D eigenvalue weighted by Crippen LogP contribution is -2.45. The van der Waals surface area contributed by atoms with E-state index in [2.05, 4.69) is 5.32 Å². The van der Waals surface area contributed by atoms with Gasteiger partial charge in [-0.15, -0.1) is 0 Å². The van der Waals surface area contributed by atoms with Crippen LogP contribution in [0, 0.1) is 5.92 Å². The summed E-state index contributed by atoms with van der Waals surface area (Å²) < 4.78 is 36.9. The van der Waals surface area contributed by atoms with Crippen molar-refractivity contribution in [1.29, 1.82) is 0 Å². The lowest BCUT2D eigenvalue weighted by molar-refractivity contribution is -0.166. The highest BCUT2D eigenvalue weighted by atomic mass is 19.4. The first-order chi connectivity index (χ1) is 5.55. The summed E-state index contributed by atoms with van der Waals surface area (Å²) in [6.45, 7) is 0. The van der Waals surface area contributed by atoms with Crippen LogP contribution in [0.25, 0.3) is 0 Å². The molecule has 1 aliphatic rings. The van der Waals surface area contributed by atoms with Gasteiger partial charge >= 0.3 is 6.18 Å². The third-order valence-electron chi connectivity index (χ3n) is 2.53. The largest absolute Gasteiger partial charge is 0.404 e. The highest BCUT2D eigenvalue weighted by Crippen LogP contribution is 2.35. The second kappa shape index (κ2) is 3.64. The van der Waals surface area contributed by atoms with Crippen molar-refractivity contribution in [2.24, 2.45) is 5.92 Å².